The maximum Gasteiger partial charge on any atom is 0.347 e. The van der Waals surface area contributed by atoms with Crippen LogP contribution in [0.3, 0.4) is 0 Å². The number of nitriles is 1. The summed E-state index contributed by atoms with van der Waals surface area (Å²) in [6, 6.07) is 3.45. The summed E-state index contributed by atoms with van der Waals surface area (Å²) in [4.78, 5) is 19.2. The van der Waals surface area contributed by atoms with Crippen molar-refractivity contribution >= 4 is 5.82 Å². The largest absolute Gasteiger partial charge is 0.355 e. The summed E-state index contributed by atoms with van der Waals surface area (Å²) >= 11 is 0. The van der Waals surface area contributed by atoms with Crippen molar-refractivity contribution in [2.24, 2.45) is 0 Å². The number of nitrogens with zero attached hydrogens (tertiary/aromatic N) is 3. The fraction of sp³-hybridized carbons (Fsp3) is 0.500. The molecule has 1 aromatic rings. The number of anilines is 1. The standard InChI is InChI=1S/C10H14N4O/c1-10(2,3)14(4)8-5-7(6-11)12-9(15)13-8/h5H,1-4H3,(H,12,13,15). The Balaban J connectivity index is 3.22. The summed E-state index contributed by atoms with van der Waals surface area (Å²) in [5.74, 6) is 0.503. The second-order valence-electron chi connectivity index (χ2n) is 4.30. The second-order valence-corrected chi connectivity index (χ2v) is 4.30. The SMILES string of the molecule is CN(c1cc(C#N)[nH]c(=O)n1)C(C)(C)C. The summed E-state index contributed by atoms with van der Waals surface area (Å²) in [6.45, 7) is 6.01. The zero-order chi connectivity index (χ0) is 11.6. The minimum absolute atomic E-state index is 0.145. The maximum atomic E-state index is 11.2. The van der Waals surface area contributed by atoms with Crippen molar-refractivity contribution in [3.63, 3.8) is 0 Å². The molecule has 0 aliphatic heterocycles. The van der Waals surface area contributed by atoms with Crippen LogP contribution in [0.25, 0.3) is 0 Å². The third-order valence-corrected chi connectivity index (χ3v) is 2.20. The van der Waals surface area contributed by atoms with Crippen LogP contribution in [-0.4, -0.2) is 22.6 Å². The molecule has 15 heavy (non-hydrogen) atoms. The minimum atomic E-state index is -0.500. The van der Waals surface area contributed by atoms with Gasteiger partial charge in [-0.25, -0.2) is 4.79 Å². The molecule has 80 valence electrons. The average Bonchev–Trinajstić information content (AvgIpc) is 2.14. The molecule has 0 aliphatic carbocycles. The van der Waals surface area contributed by atoms with Gasteiger partial charge in [-0.05, 0) is 20.8 Å². The molecule has 0 atom stereocenters. The summed E-state index contributed by atoms with van der Waals surface area (Å²) in [5.41, 5.74) is -0.422. The van der Waals surface area contributed by atoms with Crippen molar-refractivity contribution in [2.45, 2.75) is 26.3 Å². The quantitative estimate of drug-likeness (QED) is 0.740. The summed E-state index contributed by atoms with van der Waals surface area (Å²) in [7, 11) is 1.84. The maximum absolute atomic E-state index is 11.2. The molecule has 0 unspecified atom stereocenters. The van der Waals surface area contributed by atoms with Crippen molar-refractivity contribution in [1.29, 1.82) is 5.26 Å². The van der Waals surface area contributed by atoms with E-state index in [1.807, 2.05) is 38.8 Å². The molecule has 5 heteroatoms. The molecule has 0 saturated heterocycles. The van der Waals surface area contributed by atoms with E-state index in [4.69, 9.17) is 5.26 Å². The van der Waals surface area contributed by atoms with Gasteiger partial charge in [0.15, 0.2) is 0 Å². The monoisotopic (exact) mass is 206 g/mol. The predicted octanol–water partition coefficient (Wildman–Crippen LogP) is 0.876. The van der Waals surface area contributed by atoms with Gasteiger partial charge in [0.25, 0.3) is 0 Å². The van der Waals surface area contributed by atoms with Crippen LogP contribution in [0.5, 0.6) is 0 Å². The Morgan fingerprint density at radius 2 is 2.13 bits per heavy atom. The second kappa shape index (κ2) is 3.73. The molecule has 0 fully saturated rings. The third-order valence-electron chi connectivity index (χ3n) is 2.20. The lowest BCUT2D eigenvalue weighted by Gasteiger charge is -2.32. The fourth-order valence-corrected chi connectivity index (χ4v) is 1.02. The van der Waals surface area contributed by atoms with Gasteiger partial charge < -0.3 is 4.90 Å². The molecular weight excluding hydrogens is 192 g/mol. The topological polar surface area (TPSA) is 72.8 Å². The first-order valence-electron chi connectivity index (χ1n) is 4.60. The van der Waals surface area contributed by atoms with Gasteiger partial charge in [-0.2, -0.15) is 10.2 Å². The first-order chi connectivity index (χ1) is 6.84. The zero-order valence-corrected chi connectivity index (χ0v) is 9.33. The van der Waals surface area contributed by atoms with Gasteiger partial charge in [0.2, 0.25) is 0 Å². The normalized spacial score (nSPS) is 10.9. The van der Waals surface area contributed by atoms with Crippen LogP contribution < -0.4 is 10.6 Å². The Labute approximate surface area is 88.4 Å². The Bertz CT molecular complexity index is 450. The van der Waals surface area contributed by atoms with E-state index in [2.05, 4.69) is 9.97 Å². The van der Waals surface area contributed by atoms with Crippen LogP contribution in [0.4, 0.5) is 5.82 Å². The van der Waals surface area contributed by atoms with Gasteiger partial charge in [0.05, 0.1) is 0 Å². The molecule has 0 amide bonds. The van der Waals surface area contributed by atoms with Gasteiger partial charge in [-0.1, -0.05) is 0 Å². The smallest absolute Gasteiger partial charge is 0.347 e. The lowest BCUT2D eigenvalue weighted by Crippen LogP contribution is -2.39. The Morgan fingerprint density at radius 1 is 1.53 bits per heavy atom. The highest BCUT2D eigenvalue weighted by Crippen LogP contribution is 2.18. The van der Waals surface area contributed by atoms with E-state index in [0.29, 0.717) is 5.82 Å². The zero-order valence-electron chi connectivity index (χ0n) is 9.33. The van der Waals surface area contributed by atoms with E-state index < -0.39 is 5.69 Å². The van der Waals surface area contributed by atoms with Crippen LogP contribution in [0.15, 0.2) is 10.9 Å². The minimum Gasteiger partial charge on any atom is -0.355 e. The lowest BCUT2D eigenvalue weighted by atomic mass is 10.1. The van der Waals surface area contributed by atoms with E-state index in [0.717, 1.165) is 0 Å². The molecule has 1 N–H and O–H groups in total. The molecule has 0 bridgehead atoms. The van der Waals surface area contributed by atoms with Crippen LogP contribution >= 0.6 is 0 Å². The Hall–Kier alpha value is -1.83. The van der Waals surface area contributed by atoms with E-state index in [1.165, 1.54) is 0 Å². The number of rotatable bonds is 1. The molecule has 1 heterocycles. The summed E-state index contributed by atoms with van der Waals surface area (Å²) < 4.78 is 0. The van der Waals surface area contributed by atoms with Gasteiger partial charge >= 0.3 is 5.69 Å². The van der Waals surface area contributed by atoms with E-state index in [9.17, 15) is 4.79 Å². The van der Waals surface area contributed by atoms with Crippen LogP contribution in [0.2, 0.25) is 0 Å². The highest BCUT2D eigenvalue weighted by molar-refractivity contribution is 5.43. The molecule has 0 aromatic carbocycles. The van der Waals surface area contributed by atoms with Crippen LogP contribution in [-0.2, 0) is 0 Å². The van der Waals surface area contributed by atoms with Gasteiger partial charge in [-0.15, -0.1) is 0 Å². The number of aromatic amines is 1. The average molecular weight is 206 g/mol. The van der Waals surface area contributed by atoms with Crippen molar-refractivity contribution in [3.8, 4) is 6.07 Å². The van der Waals surface area contributed by atoms with Crippen LogP contribution in [0, 0.1) is 11.3 Å². The first-order valence-corrected chi connectivity index (χ1v) is 4.60. The van der Waals surface area contributed by atoms with Crippen molar-refractivity contribution in [3.05, 3.63) is 22.2 Å². The van der Waals surface area contributed by atoms with E-state index in [-0.39, 0.29) is 11.2 Å². The summed E-state index contributed by atoms with van der Waals surface area (Å²) in [6.07, 6.45) is 0. The Morgan fingerprint density at radius 3 is 2.60 bits per heavy atom. The van der Waals surface area contributed by atoms with Gasteiger partial charge in [0, 0.05) is 18.7 Å². The number of nitrogens with one attached hydrogen (secondary N) is 1. The molecular formula is C10H14N4O. The number of hydrogen-bond donors (Lipinski definition) is 1. The highest BCUT2D eigenvalue weighted by Gasteiger charge is 2.19. The number of hydrogen-bond acceptors (Lipinski definition) is 4. The highest BCUT2D eigenvalue weighted by atomic mass is 16.1. The molecule has 0 aliphatic rings. The predicted molar refractivity (Wildman–Crippen MR) is 57.7 cm³/mol. The molecule has 1 aromatic heterocycles. The number of H-pyrrole nitrogens is 1. The van der Waals surface area contributed by atoms with E-state index in [1.54, 1.807) is 6.07 Å². The van der Waals surface area contributed by atoms with Gasteiger partial charge in [-0.3, -0.25) is 4.98 Å². The fourth-order valence-electron chi connectivity index (χ4n) is 1.02. The molecule has 0 radical (unpaired) electrons. The number of aromatic nitrogens is 2. The molecule has 5 nitrogen and oxygen atoms in total. The van der Waals surface area contributed by atoms with Crippen molar-refractivity contribution in [2.75, 3.05) is 11.9 Å². The van der Waals surface area contributed by atoms with Crippen molar-refractivity contribution in [1.82, 2.24) is 9.97 Å². The Kier molecular flexibility index (Phi) is 2.80. The lowest BCUT2D eigenvalue weighted by molar-refractivity contribution is 0.532. The molecule has 0 saturated carbocycles. The third kappa shape index (κ3) is 2.56. The van der Waals surface area contributed by atoms with Gasteiger partial charge in [0.1, 0.15) is 17.6 Å². The van der Waals surface area contributed by atoms with Crippen molar-refractivity contribution < 1.29 is 0 Å². The van der Waals surface area contributed by atoms with Crippen LogP contribution in [0.1, 0.15) is 26.5 Å². The first kappa shape index (κ1) is 11.2. The molecule has 1 rings (SSSR count). The van der Waals surface area contributed by atoms with E-state index >= 15 is 0 Å². The molecule has 0 spiro atoms. The summed E-state index contributed by atoms with van der Waals surface area (Å²) in [5, 5.41) is 8.70.